The molecular formula is C30H22F2N6O4. The molecule has 6 rings (SSSR count). The monoisotopic (exact) mass is 568 g/mol. The summed E-state index contributed by atoms with van der Waals surface area (Å²) in [6.07, 6.45) is 2.10. The Morgan fingerprint density at radius 1 is 1.12 bits per heavy atom. The minimum atomic E-state index is -1.18. The fourth-order valence-electron chi connectivity index (χ4n) is 4.58. The second kappa shape index (κ2) is 11.3. The lowest BCUT2D eigenvalue weighted by Gasteiger charge is -2.27. The van der Waals surface area contributed by atoms with Crippen LogP contribution in [0.1, 0.15) is 34.0 Å². The number of carboxylic acid groups (broad SMARTS) is 1. The van der Waals surface area contributed by atoms with Gasteiger partial charge in [-0.15, -0.1) is 0 Å². The second-order valence-corrected chi connectivity index (χ2v) is 9.63. The highest BCUT2D eigenvalue weighted by molar-refractivity contribution is 5.88. The molecule has 1 atom stereocenters. The van der Waals surface area contributed by atoms with E-state index in [0.29, 0.717) is 41.5 Å². The lowest BCUT2D eigenvalue weighted by molar-refractivity contribution is -0.0590. The molecule has 5 heterocycles. The molecule has 0 radical (unpaired) electrons. The van der Waals surface area contributed by atoms with Crippen molar-refractivity contribution in [1.82, 2.24) is 24.5 Å². The molecule has 1 N–H and O–H groups in total. The van der Waals surface area contributed by atoms with Gasteiger partial charge in [0.25, 0.3) is 0 Å². The summed E-state index contributed by atoms with van der Waals surface area (Å²) in [6.45, 7) is 8.07. The Labute approximate surface area is 238 Å². The van der Waals surface area contributed by atoms with Crippen molar-refractivity contribution in [2.24, 2.45) is 0 Å². The van der Waals surface area contributed by atoms with Gasteiger partial charge in [0.05, 0.1) is 30.6 Å². The zero-order valence-corrected chi connectivity index (χ0v) is 22.0. The van der Waals surface area contributed by atoms with Crippen LogP contribution in [0, 0.1) is 18.2 Å². The number of benzene rings is 1. The number of rotatable bonds is 9. The van der Waals surface area contributed by atoms with Crippen LogP contribution in [0.15, 0.2) is 60.8 Å². The lowest BCUT2D eigenvalue weighted by atomic mass is 10.0. The summed E-state index contributed by atoms with van der Waals surface area (Å²) in [4.78, 5) is 32.0. The standard InChI is InChI=1S/C30H22F2N6O4/c1-33-18-5-6-19(34-14-18)16-42-28-4-2-3-24(36-28)21-13-22(31)17(11-23(21)32)12-27-35-25-7-8-26(30(39)40)37-29(25)38(27)15-20-9-10-41-20/h2-8,11,13-14,20H,9-10,12,15-16H2,(H,39,40)/t20-/m0/s1. The third-order valence-corrected chi connectivity index (χ3v) is 6.86. The van der Waals surface area contributed by atoms with Crippen LogP contribution < -0.4 is 4.74 Å². The topological polar surface area (TPSA) is 117 Å². The first-order valence-corrected chi connectivity index (χ1v) is 13.0. The van der Waals surface area contributed by atoms with Crippen molar-refractivity contribution in [2.45, 2.75) is 32.1 Å². The quantitative estimate of drug-likeness (QED) is 0.236. The van der Waals surface area contributed by atoms with E-state index in [9.17, 15) is 9.90 Å². The molecule has 42 heavy (non-hydrogen) atoms. The molecule has 1 aromatic carbocycles. The molecule has 12 heteroatoms. The van der Waals surface area contributed by atoms with Gasteiger partial charge in [-0.3, -0.25) is 4.98 Å². The van der Waals surface area contributed by atoms with Crippen molar-refractivity contribution >= 4 is 22.8 Å². The summed E-state index contributed by atoms with van der Waals surface area (Å²) < 4.78 is 43.7. The molecule has 1 fully saturated rings. The van der Waals surface area contributed by atoms with Gasteiger partial charge >= 0.3 is 5.97 Å². The third kappa shape index (κ3) is 5.50. The van der Waals surface area contributed by atoms with Gasteiger partial charge in [-0.25, -0.2) is 33.4 Å². The van der Waals surface area contributed by atoms with Gasteiger partial charge in [0.15, 0.2) is 11.3 Å². The summed E-state index contributed by atoms with van der Waals surface area (Å²) in [7, 11) is 0. The Morgan fingerprint density at radius 3 is 2.69 bits per heavy atom. The highest BCUT2D eigenvalue weighted by Gasteiger charge is 2.24. The van der Waals surface area contributed by atoms with Gasteiger partial charge < -0.3 is 19.1 Å². The molecule has 1 aliphatic heterocycles. The summed E-state index contributed by atoms with van der Waals surface area (Å²) in [5.74, 6) is -1.89. The van der Waals surface area contributed by atoms with Gasteiger partial charge in [0.2, 0.25) is 11.6 Å². The van der Waals surface area contributed by atoms with E-state index in [1.807, 2.05) is 0 Å². The molecule has 10 nitrogen and oxygen atoms in total. The lowest BCUT2D eigenvalue weighted by Crippen LogP contribution is -2.32. The van der Waals surface area contributed by atoms with Crippen molar-refractivity contribution in [3.8, 4) is 17.1 Å². The van der Waals surface area contributed by atoms with Crippen LogP contribution in [0.2, 0.25) is 0 Å². The van der Waals surface area contributed by atoms with Gasteiger partial charge in [-0.2, -0.15) is 0 Å². The molecule has 4 aromatic heterocycles. The first-order chi connectivity index (χ1) is 20.4. The second-order valence-electron chi connectivity index (χ2n) is 9.63. The third-order valence-electron chi connectivity index (χ3n) is 6.86. The van der Waals surface area contributed by atoms with E-state index in [1.54, 1.807) is 41.0 Å². The largest absolute Gasteiger partial charge is 0.477 e. The van der Waals surface area contributed by atoms with E-state index in [4.69, 9.17) is 16.0 Å². The first kappa shape index (κ1) is 26.9. The van der Waals surface area contributed by atoms with E-state index < -0.39 is 17.6 Å². The number of fused-ring (bicyclic) bond motifs is 1. The molecule has 0 amide bonds. The minimum absolute atomic E-state index is 0.0367. The maximum atomic E-state index is 15.4. The van der Waals surface area contributed by atoms with E-state index in [1.165, 1.54) is 12.3 Å². The van der Waals surface area contributed by atoms with Crippen LogP contribution >= 0.6 is 0 Å². The van der Waals surface area contributed by atoms with Crippen LogP contribution in [-0.2, 0) is 24.3 Å². The van der Waals surface area contributed by atoms with E-state index in [0.717, 1.165) is 18.6 Å². The summed E-state index contributed by atoms with van der Waals surface area (Å²) in [5, 5.41) is 9.39. The summed E-state index contributed by atoms with van der Waals surface area (Å²) >= 11 is 0. The Bertz CT molecular complexity index is 1850. The number of carbonyl (C=O) groups is 1. The molecule has 0 saturated carbocycles. The average Bonchev–Trinajstić information content (AvgIpc) is 3.31. The van der Waals surface area contributed by atoms with Crippen LogP contribution in [0.25, 0.3) is 27.3 Å². The number of hydrogen-bond donors (Lipinski definition) is 1. The van der Waals surface area contributed by atoms with Crippen LogP contribution in [0.5, 0.6) is 5.88 Å². The van der Waals surface area contributed by atoms with Crippen molar-refractivity contribution in [1.29, 1.82) is 0 Å². The molecule has 0 unspecified atom stereocenters. The predicted molar refractivity (Wildman–Crippen MR) is 146 cm³/mol. The molecular weight excluding hydrogens is 546 g/mol. The molecule has 5 aromatic rings. The smallest absolute Gasteiger partial charge is 0.354 e. The number of hydrogen-bond acceptors (Lipinski definition) is 7. The van der Waals surface area contributed by atoms with Gasteiger partial charge in [-0.1, -0.05) is 12.1 Å². The fourth-order valence-corrected chi connectivity index (χ4v) is 4.58. The zero-order chi connectivity index (χ0) is 29.2. The normalized spacial score (nSPS) is 14.4. The molecule has 1 aliphatic rings. The Hall–Kier alpha value is -5.28. The van der Waals surface area contributed by atoms with Gasteiger partial charge in [0, 0.05) is 30.9 Å². The van der Waals surface area contributed by atoms with Crippen LogP contribution in [0.3, 0.4) is 0 Å². The number of nitrogens with zero attached hydrogens (tertiary/aromatic N) is 6. The van der Waals surface area contributed by atoms with Crippen molar-refractivity contribution < 1.29 is 28.2 Å². The number of ether oxygens (including phenoxy) is 2. The van der Waals surface area contributed by atoms with Gasteiger partial charge in [0.1, 0.15) is 29.6 Å². The number of halogens is 2. The fraction of sp³-hybridized carbons (Fsp3) is 0.200. The highest BCUT2D eigenvalue weighted by Crippen LogP contribution is 2.28. The van der Waals surface area contributed by atoms with E-state index in [-0.39, 0.29) is 47.5 Å². The highest BCUT2D eigenvalue weighted by atomic mass is 19.1. The molecule has 0 bridgehead atoms. The zero-order valence-electron chi connectivity index (χ0n) is 22.0. The number of aromatic carboxylic acids is 1. The molecule has 0 aliphatic carbocycles. The van der Waals surface area contributed by atoms with Crippen LogP contribution in [0.4, 0.5) is 14.5 Å². The maximum absolute atomic E-state index is 15.4. The van der Waals surface area contributed by atoms with E-state index >= 15 is 8.78 Å². The van der Waals surface area contributed by atoms with Crippen molar-refractivity contribution in [2.75, 3.05) is 6.61 Å². The minimum Gasteiger partial charge on any atom is -0.477 e. The van der Waals surface area contributed by atoms with Crippen LogP contribution in [-0.4, -0.2) is 48.3 Å². The number of pyridine rings is 3. The van der Waals surface area contributed by atoms with Crippen molar-refractivity contribution in [3.05, 3.63) is 107 Å². The number of carboxylic acids is 1. The van der Waals surface area contributed by atoms with Crippen molar-refractivity contribution in [3.63, 3.8) is 0 Å². The van der Waals surface area contributed by atoms with Gasteiger partial charge in [-0.05, 0) is 48.4 Å². The maximum Gasteiger partial charge on any atom is 0.354 e. The average molecular weight is 569 g/mol. The Kier molecular flexibility index (Phi) is 7.24. The molecule has 0 spiro atoms. The number of aromatic nitrogens is 5. The number of imidazole rings is 1. The molecule has 1 saturated heterocycles. The summed E-state index contributed by atoms with van der Waals surface area (Å²) in [5.41, 5.74) is 1.87. The molecule has 210 valence electrons. The Morgan fingerprint density at radius 2 is 1.98 bits per heavy atom. The van der Waals surface area contributed by atoms with E-state index in [2.05, 4.69) is 24.8 Å². The Balaban J connectivity index is 1.26. The predicted octanol–water partition coefficient (Wildman–Crippen LogP) is 5.37. The first-order valence-electron chi connectivity index (χ1n) is 13.0. The SMILES string of the molecule is [C-]#[N+]c1ccc(COc2cccc(-c3cc(F)c(Cc4nc5ccc(C(=O)O)nc5n4C[C@@H]4CCO4)cc3F)n2)nc1. The summed E-state index contributed by atoms with van der Waals surface area (Å²) in [6, 6.07) is 13.2.